The molecule has 24 heavy (non-hydrogen) atoms. The number of esters is 1. The predicted octanol–water partition coefficient (Wildman–Crippen LogP) is 2.05. The molecule has 0 saturated carbocycles. The summed E-state index contributed by atoms with van der Waals surface area (Å²) in [5.41, 5.74) is 1.05. The Labute approximate surface area is 143 Å². The summed E-state index contributed by atoms with van der Waals surface area (Å²) in [4.78, 5) is 36.8. The average Bonchev–Trinajstić information content (AvgIpc) is 2.84. The summed E-state index contributed by atoms with van der Waals surface area (Å²) >= 11 is 1.16. The van der Waals surface area contributed by atoms with Gasteiger partial charge in [0.1, 0.15) is 12.4 Å². The summed E-state index contributed by atoms with van der Waals surface area (Å²) in [5.74, 6) is -1.64. The summed E-state index contributed by atoms with van der Waals surface area (Å²) < 4.78 is 18.1. The van der Waals surface area contributed by atoms with Crippen molar-refractivity contribution in [2.45, 2.75) is 13.8 Å². The highest BCUT2D eigenvalue weighted by Crippen LogP contribution is 2.28. The Bertz CT molecular complexity index is 705. The van der Waals surface area contributed by atoms with Gasteiger partial charge in [0, 0.05) is 5.69 Å². The van der Waals surface area contributed by atoms with Crippen LogP contribution in [-0.4, -0.2) is 41.6 Å². The summed E-state index contributed by atoms with van der Waals surface area (Å²) in [6.07, 6.45) is 1.19. The molecule has 1 heterocycles. The fourth-order valence-corrected chi connectivity index (χ4v) is 2.98. The van der Waals surface area contributed by atoms with Gasteiger partial charge in [0.05, 0.1) is 23.5 Å². The number of amides is 2. The van der Waals surface area contributed by atoms with Crippen LogP contribution in [0.15, 0.2) is 29.3 Å². The second kappa shape index (κ2) is 7.96. The number of halogens is 1. The van der Waals surface area contributed by atoms with Crippen LogP contribution in [0.4, 0.5) is 10.1 Å². The van der Waals surface area contributed by atoms with Gasteiger partial charge >= 0.3 is 5.97 Å². The Hall–Kier alpha value is -2.35. The molecule has 0 unspecified atom stereocenters. The standard InChI is InChI=1S/C16H17FN2O4S/c1-3-23-16(22)7-15-19(14(21)9-24-15)8-13(20)18-12-6-11(17)5-4-10(12)2/h4-7H,3,8-9H2,1-2H3,(H,18,20)/b15-7-. The third-order valence-electron chi connectivity index (χ3n) is 3.21. The van der Waals surface area contributed by atoms with E-state index in [1.807, 2.05) is 0 Å². The van der Waals surface area contributed by atoms with Gasteiger partial charge in [-0.1, -0.05) is 17.8 Å². The van der Waals surface area contributed by atoms with E-state index in [1.165, 1.54) is 23.1 Å². The molecule has 0 aromatic heterocycles. The number of nitrogens with one attached hydrogen (secondary N) is 1. The number of carbonyl (C=O) groups is 3. The van der Waals surface area contributed by atoms with E-state index in [-0.39, 0.29) is 24.8 Å². The molecule has 0 aliphatic carbocycles. The van der Waals surface area contributed by atoms with Crippen LogP contribution >= 0.6 is 11.8 Å². The summed E-state index contributed by atoms with van der Waals surface area (Å²) in [7, 11) is 0. The number of aryl methyl sites for hydroxylation is 1. The number of rotatable bonds is 5. The minimum atomic E-state index is -0.568. The zero-order valence-corrected chi connectivity index (χ0v) is 14.1. The van der Waals surface area contributed by atoms with E-state index in [1.54, 1.807) is 19.9 Å². The highest BCUT2D eigenvalue weighted by molar-refractivity contribution is 8.04. The number of anilines is 1. The molecule has 1 aliphatic heterocycles. The lowest BCUT2D eigenvalue weighted by molar-refractivity contribution is -0.137. The second-order valence-corrected chi connectivity index (χ2v) is 6.01. The molecule has 1 fully saturated rings. The maximum Gasteiger partial charge on any atom is 0.333 e. The van der Waals surface area contributed by atoms with Crippen molar-refractivity contribution in [1.29, 1.82) is 0 Å². The maximum atomic E-state index is 13.3. The first-order valence-electron chi connectivity index (χ1n) is 7.28. The quantitative estimate of drug-likeness (QED) is 0.648. The monoisotopic (exact) mass is 352 g/mol. The Morgan fingerprint density at radius 3 is 2.92 bits per heavy atom. The summed E-state index contributed by atoms with van der Waals surface area (Å²) in [6.45, 7) is 3.38. The van der Waals surface area contributed by atoms with E-state index < -0.39 is 17.7 Å². The van der Waals surface area contributed by atoms with Crippen molar-refractivity contribution in [3.05, 3.63) is 40.7 Å². The minimum absolute atomic E-state index is 0.150. The number of carbonyl (C=O) groups excluding carboxylic acids is 3. The zero-order valence-electron chi connectivity index (χ0n) is 13.3. The van der Waals surface area contributed by atoms with Gasteiger partial charge in [-0.25, -0.2) is 9.18 Å². The van der Waals surface area contributed by atoms with Gasteiger partial charge in [0.2, 0.25) is 11.8 Å². The molecule has 0 bridgehead atoms. The summed E-state index contributed by atoms with van der Waals surface area (Å²) in [5, 5.41) is 2.94. The van der Waals surface area contributed by atoms with Crippen molar-refractivity contribution >= 4 is 35.2 Å². The van der Waals surface area contributed by atoms with Gasteiger partial charge in [-0.15, -0.1) is 0 Å². The van der Waals surface area contributed by atoms with E-state index in [9.17, 15) is 18.8 Å². The van der Waals surface area contributed by atoms with Gasteiger partial charge in [-0.2, -0.15) is 0 Å². The van der Waals surface area contributed by atoms with Gasteiger partial charge in [-0.3, -0.25) is 14.5 Å². The number of hydrogen-bond acceptors (Lipinski definition) is 5. The first kappa shape index (κ1) is 18.0. The second-order valence-electron chi connectivity index (χ2n) is 5.01. The lowest BCUT2D eigenvalue weighted by Crippen LogP contribution is -2.34. The smallest absolute Gasteiger partial charge is 0.333 e. The van der Waals surface area contributed by atoms with Gasteiger partial charge < -0.3 is 10.1 Å². The van der Waals surface area contributed by atoms with Crippen molar-refractivity contribution in [1.82, 2.24) is 4.90 Å². The average molecular weight is 352 g/mol. The molecule has 1 aliphatic rings. The van der Waals surface area contributed by atoms with E-state index in [0.29, 0.717) is 16.3 Å². The number of hydrogen-bond donors (Lipinski definition) is 1. The van der Waals surface area contributed by atoms with Crippen molar-refractivity contribution in [2.24, 2.45) is 0 Å². The van der Waals surface area contributed by atoms with Crippen LogP contribution in [0, 0.1) is 12.7 Å². The Balaban J connectivity index is 2.07. The molecule has 0 spiro atoms. The van der Waals surface area contributed by atoms with Gasteiger partial charge in [0.15, 0.2) is 0 Å². The third-order valence-corrected chi connectivity index (χ3v) is 4.24. The minimum Gasteiger partial charge on any atom is -0.463 e. The molecule has 1 saturated heterocycles. The lowest BCUT2D eigenvalue weighted by Gasteiger charge is -2.17. The molecule has 2 amide bonds. The number of ether oxygens (including phenoxy) is 1. The van der Waals surface area contributed by atoms with Crippen molar-refractivity contribution in [3.63, 3.8) is 0 Å². The summed E-state index contributed by atoms with van der Waals surface area (Å²) in [6, 6.07) is 4.06. The Morgan fingerprint density at radius 2 is 2.21 bits per heavy atom. The van der Waals surface area contributed by atoms with Crippen LogP contribution in [-0.2, 0) is 19.1 Å². The topological polar surface area (TPSA) is 75.7 Å². The molecule has 128 valence electrons. The van der Waals surface area contributed by atoms with Crippen LogP contribution in [0.5, 0.6) is 0 Å². The van der Waals surface area contributed by atoms with Crippen molar-refractivity contribution in [3.8, 4) is 0 Å². The van der Waals surface area contributed by atoms with E-state index in [2.05, 4.69) is 5.32 Å². The third kappa shape index (κ3) is 4.58. The fourth-order valence-electron chi connectivity index (χ4n) is 2.05. The first-order valence-corrected chi connectivity index (χ1v) is 8.27. The van der Waals surface area contributed by atoms with Crippen LogP contribution in [0.1, 0.15) is 12.5 Å². The maximum absolute atomic E-state index is 13.3. The van der Waals surface area contributed by atoms with Crippen molar-refractivity contribution < 1.29 is 23.5 Å². The number of benzene rings is 1. The molecule has 0 atom stereocenters. The zero-order chi connectivity index (χ0) is 17.7. The van der Waals surface area contributed by atoms with Crippen LogP contribution in [0.25, 0.3) is 0 Å². The van der Waals surface area contributed by atoms with Crippen LogP contribution in [0.2, 0.25) is 0 Å². The van der Waals surface area contributed by atoms with E-state index in [4.69, 9.17) is 4.74 Å². The molecular weight excluding hydrogens is 335 g/mol. The molecule has 2 rings (SSSR count). The highest BCUT2D eigenvalue weighted by atomic mass is 32.2. The largest absolute Gasteiger partial charge is 0.463 e. The predicted molar refractivity (Wildman–Crippen MR) is 88.7 cm³/mol. The molecule has 0 radical (unpaired) electrons. The molecule has 1 aromatic rings. The Kier molecular flexibility index (Phi) is 5.97. The van der Waals surface area contributed by atoms with Gasteiger partial charge in [0.25, 0.3) is 0 Å². The van der Waals surface area contributed by atoms with E-state index >= 15 is 0 Å². The molecule has 1 aromatic carbocycles. The van der Waals surface area contributed by atoms with E-state index in [0.717, 1.165) is 11.8 Å². The normalized spacial score (nSPS) is 15.7. The molecule has 8 heteroatoms. The van der Waals surface area contributed by atoms with Crippen LogP contribution in [0.3, 0.4) is 0 Å². The fraction of sp³-hybridized carbons (Fsp3) is 0.312. The van der Waals surface area contributed by atoms with Crippen molar-refractivity contribution in [2.75, 3.05) is 24.2 Å². The van der Waals surface area contributed by atoms with Gasteiger partial charge in [-0.05, 0) is 31.5 Å². The first-order chi connectivity index (χ1) is 11.4. The highest BCUT2D eigenvalue weighted by Gasteiger charge is 2.29. The molecule has 1 N–H and O–H groups in total. The number of nitrogens with zero attached hydrogens (tertiary/aromatic N) is 1. The SMILES string of the molecule is CCOC(=O)/C=C1\SCC(=O)N1CC(=O)Nc1cc(F)ccc1C. The number of thioether (sulfide) groups is 1. The Morgan fingerprint density at radius 1 is 1.46 bits per heavy atom. The lowest BCUT2D eigenvalue weighted by atomic mass is 10.2. The molecule has 6 nitrogen and oxygen atoms in total. The molecular formula is C16H17FN2O4S. The van der Waals surface area contributed by atoms with Crippen LogP contribution < -0.4 is 5.32 Å².